The first-order valence-electron chi connectivity index (χ1n) is 13.7. The van der Waals surface area contributed by atoms with Crippen molar-refractivity contribution in [3.8, 4) is 11.1 Å². The zero-order valence-electron chi connectivity index (χ0n) is 24.0. The largest absolute Gasteiger partial charge is 0.456 e. The average molecular weight is 603 g/mol. The standard InChI is InChI=1S/C31H26BrNO3.C2H6.CH4O/c1-31(2,3)20-8-5-18(6-9-20)19-7-13-25-24(17-19)21-10-11-22-27-23(12-14-26(36-25)28(21)27)30(35)33(29(22)34)16-4-15-32;2*1-2/h5-14,17H,4,15-16H2,1-3H3;1-2H3;2H,1H3. The van der Waals surface area contributed by atoms with E-state index >= 15 is 0 Å². The van der Waals surface area contributed by atoms with Gasteiger partial charge in [0.2, 0.25) is 0 Å². The van der Waals surface area contributed by atoms with E-state index < -0.39 is 0 Å². The number of fused-ring (bicyclic) bond motifs is 2. The first-order chi connectivity index (χ1) is 19.3. The number of hydrogen-bond donors (Lipinski definition) is 1. The summed E-state index contributed by atoms with van der Waals surface area (Å²) in [6.45, 7) is 11.0. The number of benzene rings is 4. The molecule has 208 valence electrons. The summed E-state index contributed by atoms with van der Waals surface area (Å²) in [6.07, 6.45) is 0.710. The second-order valence-corrected chi connectivity index (χ2v) is 11.3. The van der Waals surface area contributed by atoms with E-state index in [1.165, 1.54) is 10.1 Å². The molecule has 0 saturated heterocycles. The highest BCUT2D eigenvalue weighted by molar-refractivity contribution is 9.09. The maximum atomic E-state index is 13.3. The fourth-order valence-corrected chi connectivity index (χ4v) is 5.47. The third kappa shape index (κ3) is 5.06. The Kier molecular flexibility index (Phi) is 8.81. The highest BCUT2D eigenvalue weighted by Crippen LogP contribution is 2.38. The van der Waals surface area contributed by atoms with Crippen LogP contribution < -0.4 is 11.1 Å². The normalized spacial score (nSPS) is 11.5. The van der Waals surface area contributed by atoms with Gasteiger partial charge in [-0.05, 0) is 64.2 Å². The molecule has 2 heterocycles. The zero-order chi connectivity index (χ0) is 29.2. The summed E-state index contributed by atoms with van der Waals surface area (Å²) in [5.74, 6) is 0. The van der Waals surface area contributed by atoms with Crippen LogP contribution in [0.2, 0.25) is 0 Å². The van der Waals surface area contributed by atoms with E-state index in [1.54, 1.807) is 6.07 Å². The third-order valence-corrected chi connectivity index (χ3v) is 7.72. The Morgan fingerprint density at radius 3 is 1.88 bits per heavy atom. The summed E-state index contributed by atoms with van der Waals surface area (Å²) in [4.78, 5) is 26.6. The van der Waals surface area contributed by atoms with Gasteiger partial charge in [0.25, 0.3) is 11.1 Å². The predicted molar refractivity (Wildman–Crippen MR) is 172 cm³/mol. The average Bonchev–Trinajstić information content (AvgIpc) is 2.98. The maximum absolute atomic E-state index is 13.3. The van der Waals surface area contributed by atoms with Gasteiger partial charge >= 0.3 is 0 Å². The summed E-state index contributed by atoms with van der Waals surface area (Å²) in [5.41, 5.74) is 4.58. The summed E-state index contributed by atoms with van der Waals surface area (Å²) in [5, 5.41) is 12.3. The van der Waals surface area contributed by atoms with Crippen LogP contribution in [0.1, 0.15) is 46.6 Å². The van der Waals surface area contributed by atoms with Crippen molar-refractivity contribution < 1.29 is 9.52 Å². The molecule has 6 heteroatoms. The molecule has 0 radical (unpaired) electrons. The maximum Gasteiger partial charge on any atom is 0.261 e. The first-order valence-corrected chi connectivity index (χ1v) is 14.8. The van der Waals surface area contributed by atoms with Gasteiger partial charge in [-0.3, -0.25) is 14.2 Å². The molecule has 6 aromatic rings. The molecule has 4 aromatic carbocycles. The molecule has 0 bridgehead atoms. The third-order valence-electron chi connectivity index (χ3n) is 7.16. The van der Waals surface area contributed by atoms with Gasteiger partial charge in [0.1, 0.15) is 11.2 Å². The van der Waals surface area contributed by atoms with Crippen molar-refractivity contribution in [1.82, 2.24) is 4.57 Å². The molecule has 0 atom stereocenters. The Balaban J connectivity index is 0.000000886. The van der Waals surface area contributed by atoms with Crippen LogP contribution in [0.5, 0.6) is 0 Å². The molecule has 0 spiro atoms. The molecular weight excluding hydrogens is 566 g/mol. The molecular formula is C34H36BrNO4. The van der Waals surface area contributed by atoms with E-state index in [1.807, 2.05) is 38.1 Å². The molecule has 2 aromatic heterocycles. The number of nitrogens with zero attached hydrogens (tertiary/aromatic N) is 1. The molecule has 40 heavy (non-hydrogen) atoms. The fourth-order valence-electron chi connectivity index (χ4n) is 5.22. The van der Waals surface area contributed by atoms with Gasteiger partial charge in [-0.15, -0.1) is 0 Å². The van der Waals surface area contributed by atoms with E-state index in [-0.39, 0.29) is 16.5 Å². The molecule has 0 aliphatic rings. The van der Waals surface area contributed by atoms with Gasteiger partial charge in [0.05, 0.1) is 0 Å². The highest BCUT2D eigenvalue weighted by Gasteiger charge is 2.19. The summed E-state index contributed by atoms with van der Waals surface area (Å²) in [6, 6.07) is 22.4. The van der Waals surface area contributed by atoms with Gasteiger partial charge in [-0.1, -0.05) is 86.9 Å². The van der Waals surface area contributed by atoms with Crippen molar-refractivity contribution in [2.75, 3.05) is 12.4 Å². The number of pyridine rings is 1. The highest BCUT2D eigenvalue weighted by atomic mass is 79.9. The van der Waals surface area contributed by atoms with Crippen LogP contribution in [-0.4, -0.2) is 22.1 Å². The van der Waals surface area contributed by atoms with Crippen LogP contribution in [0.25, 0.3) is 54.6 Å². The number of aromatic nitrogens is 1. The topological polar surface area (TPSA) is 72.4 Å². The summed E-state index contributed by atoms with van der Waals surface area (Å²) in [7, 11) is 1.00. The smallest absolute Gasteiger partial charge is 0.261 e. The Bertz CT molecular complexity index is 1860. The van der Waals surface area contributed by atoms with E-state index in [0.29, 0.717) is 34.7 Å². The van der Waals surface area contributed by atoms with Crippen molar-refractivity contribution >= 4 is 59.4 Å². The number of halogens is 1. The lowest BCUT2D eigenvalue weighted by molar-refractivity contribution is 0.399. The number of alkyl halides is 1. The zero-order valence-corrected chi connectivity index (χ0v) is 25.6. The minimum absolute atomic E-state index is 0.0978. The Morgan fingerprint density at radius 1 is 0.725 bits per heavy atom. The minimum Gasteiger partial charge on any atom is -0.456 e. The number of hydrogen-bond acceptors (Lipinski definition) is 4. The van der Waals surface area contributed by atoms with E-state index in [4.69, 9.17) is 9.52 Å². The molecule has 0 fully saturated rings. The van der Waals surface area contributed by atoms with E-state index in [0.717, 1.165) is 45.3 Å². The van der Waals surface area contributed by atoms with Gasteiger partial charge in [0, 0.05) is 45.9 Å². The Hall–Kier alpha value is -3.48. The predicted octanol–water partition coefficient (Wildman–Crippen LogP) is 8.24. The SMILES string of the molecule is CC.CC(C)(C)c1ccc(-c2ccc3oc4ccc5c(=O)n(CCCBr)c(=O)c6ccc(c3c2)c4c56)cc1.CO. The lowest BCUT2D eigenvalue weighted by Gasteiger charge is -2.19. The van der Waals surface area contributed by atoms with Crippen LogP contribution in [0.15, 0.2) is 80.7 Å². The molecule has 1 N–H and O–H groups in total. The number of aliphatic hydroxyl groups is 1. The summed E-state index contributed by atoms with van der Waals surface area (Å²) >= 11 is 3.40. The van der Waals surface area contributed by atoms with Crippen LogP contribution in [0.4, 0.5) is 0 Å². The van der Waals surface area contributed by atoms with Gasteiger partial charge < -0.3 is 9.52 Å². The van der Waals surface area contributed by atoms with Crippen molar-refractivity contribution in [3.63, 3.8) is 0 Å². The number of aliphatic hydroxyl groups excluding tert-OH is 1. The monoisotopic (exact) mass is 601 g/mol. The second kappa shape index (κ2) is 11.9. The van der Waals surface area contributed by atoms with Crippen molar-refractivity contribution in [2.45, 2.75) is 53.0 Å². The van der Waals surface area contributed by atoms with Crippen molar-refractivity contribution in [1.29, 1.82) is 0 Å². The molecule has 0 saturated carbocycles. The van der Waals surface area contributed by atoms with Gasteiger partial charge in [-0.25, -0.2) is 0 Å². The lowest BCUT2D eigenvalue weighted by atomic mass is 9.86. The quantitative estimate of drug-likeness (QED) is 0.125. The van der Waals surface area contributed by atoms with Crippen molar-refractivity contribution in [2.24, 2.45) is 0 Å². The molecule has 0 aliphatic carbocycles. The van der Waals surface area contributed by atoms with Crippen molar-refractivity contribution in [3.05, 3.63) is 93.0 Å². The second-order valence-electron chi connectivity index (χ2n) is 10.5. The molecule has 0 aliphatic heterocycles. The minimum atomic E-state index is -0.240. The Labute approximate surface area is 242 Å². The summed E-state index contributed by atoms with van der Waals surface area (Å²) < 4.78 is 7.66. The lowest BCUT2D eigenvalue weighted by Crippen LogP contribution is -2.33. The van der Waals surface area contributed by atoms with E-state index in [9.17, 15) is 9.59 Å². The first kappa shape index (κ1) is 29.5. The van der Waals surface area contributed by atoms with Crippen LogP contribution in [0.3, 0.4) is 0 Å². The molecule has 5 nitrogen and oxygen atoms in total. The number of rotatable bonds is 4. The van der Waals surface area contributed by atoms with E-state index in [2.05, 4.69) is 73.1 Å². The molecule has 0 unspecified atom stereocenters. The van der Waals surface area contributed by atoms with Crippen LogP contribution in [-0.2, 0) is 12.0 Å². The van der Waals surface area contributed by atoms with Crippen LogP contribution in [0, 0.1) is 0 Å². The van der Waals surface area contributed by atoms with Gasteiger partial charge in [-0.2, -0.15) is 0 Å². The van der Waals surface area contributed by atoms with Crippen LogP contribution >= 0.6 is 15.9 Å². The molecule has 0 amide bonds. The molecule has 6 rings (SSSR count). The fraction of sp³-hybridized carbons (Fsp3) is 0.294. The van der Waals surface area contributed by atoms with Gasteiger partial charge in [0.15, 0.2) is 0 Å². The Morgan fingerprint density at radius 2 is 1.27 bits per heavy atom.